The van der Waals surface area contributed by atoms with Crippen molar-refractivity contribution in [3.05, 3.63) is 71.1 Å². The quantitative estimate of drug-likeness (QED) is 0.404. The summed E-state index contributed by atoms with van der Waals surface area (Å²) in [6, 6.07) is 7.10. The van der Waals surface area contributed by atoms with Crippen LogP contribution in [0.4, 0.5) is 0 Å². The number of benzene rings is 1. The van der Waals surface area contributed by atoms with Crippen molar-refractivity contribution in [2.24, 2.45) is 4.99 Å². The lowest BCUT2D eigenvalue weighted by atomic mass is 9.75. The largest absolute Gasteiger partial charge is 0.369 e. The summed E-state index contributed by atoms with van der Waals surface area (Å²) in [6.45, 7) is 13.6. The molecular formula is C26H36ClN3. The van der Waals surface area contributed by atoms with Gasteiger partial charge >= 0.3 is 0 Å². The van der Waals surface area contributed by atoms with Gasteiger partial charge in [0, 0.05) is 43.5 Å². The first-order valence-electron chi connectivity index (χ1n) is 11.1. The van der Waals surface area contributed by atoms with Gasteiger partial charge in [0.2, 0.25) is 0 Å². The summed E-state index contributed by atoms with van der Waals surface area (Å²) in [5.41, 5.74) is 4.79. The number of amidine groups is 1. The number of piperazine rings is 1. The maximum atomic E-state index is 6.63. The first-order chi connectivity index (χ1) is 14.4. The van der Waals surface area contributed by atoms with E-state index in [1.807, 2.05) is 13.1 Å². The highest BCUT2D eigenvalue weighted by molar-refractivity contribution is 6.31. The molecule has 1 heterocycles. The number of halogens is 1. The van der Waals surface area contributed by atoms with E-state index < -0.39 is 0 Å². The maximum Gasteiger partial charge on any atom is 0.104 e. The Morgan fingerprint density at radius 3 is 2.60 bits per heavy atom. The van der Waals surface area contributed by atoms with Crippen molar-refractivity contribution < 1.29 is 0 Å². The van der Waals surface area contributed by atoms with Gasteiger partial charge in [-0.2, -0.15) is 0 Å². The van der Waals surface area contributed by atoms with Gasteiger partial charge in [-0.3, -0.25) is 4.99 Å². The third-order valence-electron chi connectivity index (χ3n) is 7.07. The number of aliphatic imine (C=N–C) groups is 1. The van der Waals surface area contributed by atoms with E-state index in [0.29, 0.717) is 6.04 Å². The summed E-state index contributed by atoms with van der Waals surface area (Å²) in [7, 11) is 4.03. The third kappa shape index (κ3) is 4.23. The van der Waals surface area contributed by atoms with Crippen LogP contribution in [-0.2, 0) is 11.8 Å². The van der Waals surface area contributed by atoms with Crippen molar-refractivity contribution in [3.8, 4) is 0 Å². The number of likely N-dealkylation sites (N-methyl/N-ethyl adjacent to an activating group) is 1. The Labute approximate surface area is 187 Å². The van der Waals surface area contributed by atoms with Gasteiger partial charge in [0.05, 0.1) is 11.4 Å². The van der Waals surface area contributed by atoms with E-state index in [1.165, 1.54) is 36.8 Å². The fourth-order valence-electron chi connectivity index (χ4n) is 5.01. The Balaban J connectivity index is 1.97. The molecule has 0 bridgehead atoms. The first-order valence-corrected chi connectivity index (χ1v) is 11.5. The standard InChI is InChI=1S/C26H36ClN3/c1-7-11-24-20(4)29(6)19(3)18-30(24)25(28-5)17-26(14-9-10-15-26)22-13-12-21(8-2)23(27)16-22/h7,11-13,16,19H,1,4,8-10,14-15,17-18H2,2-3,5-6H3/b24-11-,28-25?. The zero-order valence-electron chi connectivity index (χ0n) is 19.0. The monoisotopic (exact) mass is 425 g/mol. The molecule has 0 aromatic heterocycles. The average molecular weight is 426 g/mol. The van der Waals surface area contributed by atoms with Gasteiger partial charge in [0.15, 0.2) is 0 Å². The highest BCUT2D eigenvalue weighted by atomic mass is 35.5. The molecule has 2 fully saturated rings. The van der Waals surface area contributed by atoms with Crippen LogP contribution in [-0.4, -0.2) is 42.3 Å². The minimum atomic E-state index is 0.0952. The van der Waals surface area contributed by atoms with Gasteiger partial charge in [-0.05, 0) is 49.5 Å². The van der Waals surface area contributed by atoms with Crippen molar-refractivity contribution in [2.75, 3.05) is 20.6 Å². The number of hydrogen-bond donors (Lipinski definition) is 0. The fraction of sp³-hybridized carbons (Fsp3) is 0.500. The average Bonchev–Trinajstić information content (AvgIpc) is 3.22. The molecule has 4 heteroatoms. The second-order valence-corrected chi connectivity index (χ2v) is 9.18. The third-order valence-corrected chi connectivity index (χ3v) is 7.42. The Morgan fingerprint density at radius 1 is 1.33 bits per heavy atom. The van der Waals surface area contributed by atoms with Crippen LogP contribution in [0.5, 0.6) is 0 Å². The van der Waals surface area contributed by atoms with Crippen molar-refractivity contribution in [2.45, 2.75) is 63.8 Å². The van der Waals surface area contributed by atoms with E-state index in [-0.39, 0.29) is 5.41 Å². The van der Waals surface area contributed by atoms with Crippen molar-refractivity contribution >= 4 is 17.4 Å². The molecule has 162 valence electrons. The van der Waals surface area contributed by atoms with Crippen LogP contribution in [0.15, 0.2) is 59.9 Å². The molecule has 1 saturated carbocycles. The molecule has 0 radical (unpaired) electrons. The Bertz CT molecular complexity index is 861. The summed E-state index contributed by atoms with van der Waals surface area (Å²) in [6.07, 6.45) is 10.7. The topological polar surface area (TPSA) is 18.8 Å². The summed E-state index contributed by atoms with van der Waals surface area (Å²) in [4.78, 5) is 9.40. The molecule has 1 aliphatic carbocycles. The van der Waals surface area contributed by atoms with Gasteiger partial charge in [0.1, 0.15) is 5.84 Å². The summed E-state index contributed by atoms with van der Waals surface area (Å²) in [5, 5.41) is 0.894. The van der Waals surface area contributed by atoms with Crippen molar-refractivity contribution in [1.82, 2.24) is 9.80 Å². The molecule has 1 unspecified atom stereocenters. The molecule has 1 atom stereocenters. The van der Waals surface area contributed by atoms with Gasteiger partial charge in [-0.1, -0.05) is 62.7 Å². The van der Waals surface area contributed by atoms with Gasteiger partial charge in [0.25, 0.3) is 0 Å². The zero-order valence-corrected chi connectivity index (χ0v) is 19.8. The predicted molar refractivity (Wildman–Crippen MR) is 130 cm³/mol. The molecule has 3 nitrogen and oxygen atoms in total. The highest BCUT2D eigenvalue weighted by Gasteiger charge is 2.40. The number of rotatable bonds is 5. The van der Waals surface area contributed by atoms with Crippen molar-refractivity contribution in [1.29, 1.82) is 0 Å². The minimum Gasteiger partial charge on any atom is -0.369 e. The van der Waals surface area contributed by atoms with Crippen LogP contribution < -0.4 is 0 Å². The van der Waals surface area contributed by atoms with E-state index >= 15 is 0 Å². The molecule has 1 aromatic carbocycles. The normalized spacial score (nSPS) is 23.4. The molecular weight excluding hydrogens is 390 g/mol. The second kappa shape index (κ2) is 9.43. The molecule has 0 amide bonds. The smallest absolute Gasteiger partial charge is 0.104 e. The van der Waals surface area contributed by atoms with Gasteiger partial charge < -0.3 is 9.80 Å². The van der Waals surface area contributed by atoms with Crippen LogP contribution in [0.25, 0.3) is 0 Å². The molecule has 1 aromatic rings. The number of aryl methyl sites for hydroxylation is 1. The van der Waals surface area contributed by atoms with Gasteiger partial charge in [-0.25, -0.2) is 0 Å². The highest BCUT2D eigenvalue weighted by Crippen LogP contribution is 2.46. The Morgan fingerprint density at radius 2 is 2.03 bits per heavy atom. The van der Waals surface area contributed by atoms with Crippen LogP contribution in [0, 0.1) is 0 Å². The Kier molecular flexibility index (Phi) is 7.13. The summed E-state index contributed by atoms with van der Waals surface area (Å²) in [5.74, 6) is 1.13. The van der Waals surface area contributed by atoms with E-state index in [1.54, 1.807) is 0 Å². The van der Waals surface area contributed by atoms with E-state index in [2.05, 4.69) is 68.1 Å². The Hall–Kier alpha value is -2.00. The molecule has 0 spiro atoms. The first kappa shape index (κ1) is 22.7. The van der Waals surface area contributed by atoms with Crippen LogP contribution in [0.1, 0.15) is 57.1 Å². The fourth-order valence-corrected chi connectivity index (χ4v) is 5.32. The summed E-state index contributed by atoms with van der Waals surface area (Å²) >= 11 is 6.63. The summed E-state index contributed by atoms with van der Waals surface area (Å²) < 4.78 is 0. The predicted octanol–water partition coefficient (Wildman–Crippen LogP) is 6.35. The maximum absolute atomic E-state index is 6.63. The zero-order chi connectivity index (χ0) is 21.9. The van der Waals surface area contributed by atoms with Crippen LogP contribution in [0.2, 0.25) is 5.02 Å². The lowest BCUT2D eigenvalue weighted by Crippen LogP contribution is -2.50. The number of hydrogen-bond acceptors (Lipinski definition) is 2. The second-order valence-electron chi connectivity index (χ2n) is 8.77. The van der Waals surface area contributed by atoms with E-state index in [9.17, 15) is 0 Å². The van der Waals surface area contributed by atoms with Crippen molar-refractivity contribution in [3.63, 3.8) is 0 Å². The molecule has 30 heavy (non-hydrogen) atoms. The SMILES string of the molecule is C=C/C=C1/C(=C)N(C)C(C)CN1C(CC1(c2ccc(CC)c(Cl)c2)CCCC1)=NC. The van der Waals surface area contributed by atoms with E-state index in [4.69, 9.17) is 16.6 Å². The molecule has 1 aliphatic heterocycles. The van der Waals surface area contributed by atoms with Crippen LogP contribution >= 0.6 is 11.6 Å². The molecule has 1 saturated heterocycles. The lowest BCUT2D eigenvalue weighted by Gasteiger charge is -2.45. The number of nitrogens with zero attached hydrogens (tertiary/aromatic N) is 3. The van der Waals surface area contributed by atoms with E-state index in [0.717, 1.165) is 41.6 Å². The molecule has 3 rings (SSSR count). The van der Waals surface area contributed by atoms with Crippen LogP contribution in [0.3, 0.4) is 0 Å². The van der Waals surface area contributed by atoms with Gasteiger partial charge in [-0.15, -0.1) is 0 Å². The molecule has 0 N–H and O–H groups in total. The number of allylic oxidation sites excluding steroid dienone is 2. The lowest BCUT2D eigenvalue weighted by molar-refractivity contribution is 0.232. The molecule has 2 aliphatic rings. The minimum absolute atomic E-state index is 0.0952.